The quantitative estimate of drug-likeness (QED) is 0.724. The molecule has 2 atom stereocenters. The van der Waals surface area contributed by atoms with Crippen molar-refractivity contribution >= 4 is 11.6 Å². The summed E-state index contributed by atoms with van der Waals surface area (Å²) in [7, 11) is 1.61. The van der Waals surface area contributed by atoms with E-state index in [-0.39, 0.29) is 12.6 Å². The first-order valence-corrected chi connectivity index (χ1v) is 6.80. The molecule has 1 aliphatic carbocycles. The summed E-state index contributed by atoms with van der Waals surface area (Å²) in [5.74, 6) is 2.31. The van der Waals surface area contributed by atoms with Crippen LogP contribution in [0.4, 0.5) is 11.6 Å². The van der Waals surface area contributed by atoms with Crippen LogP contribution >= 0.6 is 0 Å². The highest BCUT2D eigenvalue weighted by molar-refractivity contribution is 5.63. The third-order valence-electron chi connectivity index (χ3n) is 3.57. The van der Waals surface area contributed by atoms with Crippen LogP contribution in [0.25, 0.3) is 0 Å². The summed E-state index contributed by atoms with van der Waals surface area (Å²) in [6.45, 7) is 2.99. The van der Waals surface area contributed by atoms with Crippen LogP contribution in [0.15, 0.2) is 6.33 Å². The van der Waals surface area contributed by atoms with Gasteiger partial charge in [-0.1, -0.05) is 6.42 Å². The SMILES string of the molecule is CCNc1ncnc(NC2CCCC2CO)c1OC. The summed E-state index contributed by atoms with van der Waals surface area (Å²) >= 11 is 0. The van der Waals surface area contributed by atoms with Gasteiger partial charge >= 0.3 is 0 Å². The molecule has 2 unspecified atom stereocenters. The first-order valence-electron chi connectivity index (χ1n) is 6.80. The molecule has 1 aromatic heterocycles. The van der Waals surface area contributed by atoms with Gasteiger partial charge < -0.3 is 20.5 Å². The molecule has 1 saturated carbocycles. The van der Waals surface area contributed by atoms with Gasteiger partial charge in [0.15, 0.2) is 11.6 Å². The average Bonchev–Trinajstić information content (AvgIpc) is 2.87. The van der Waals surface area contributed by atoms with Gasteiger partial charge in [-0.25, -0.2) is 9.97 Å². The molecule has 106 valence electrons. The predicted molar refractivity (Wildman–Crippen MR) is 74.6 cm³/mol. The van der Waals surface area contributed by atoms with Crippen molar-refractivity contribution in [3.05, 3.63) is 6.33 Å². The Morgan fingerprint density at radius 1 is 1.37 bits per heavy atom. The van der Waals surface area contributed by atoms with Crippen molar-refractivity contribution in [3.63, 3.8) is 0 Å². The standard InChI is InChI=1S/C13H22N4O2/c1-3-14-12-11(19-2)13(16-8-15-12)17-10-6-4-5-9(10)7-18/h8-10,18H,3-7H2,1-2H3,(H2,14,15,16,17). The van der Waals surface area contributed by atoms with Gasteiger partial charge in [-0.05, 0) is 19.8 Å². The lowest BCUT2D eigenvalue weighted by Gasteiger charge is -2.21. The molecule has 0 bridgehead atoms. The van der Waals surface area contributed by atoms with Crippen molar-refractivity contribution < 1.29 is 9.84 Å². The summed E-state index contributed by atoms with van der Waals surface area (Å²) in [5, 5.41) is 15.9. The summed E-state index contributed by atoms with van der Waals surface area (Å²) in [6.07, 6.45) is 4.76. The lowest BCUT2D eigenvalue weighted by atomic mass is 10.1. The first-order chi connectivity index (χ1) is 9.30. The molecule has 1 aliphatic rings. The van der Waals surface area contributed by atoms with Crippen LogP contribution in [0.3, 0.4) is 0 Å². The molecule has 0 radical (unpaired) electrons. The highest BCUT2D eigenvalue weighted by Gasteiger charge is 2.28. The van der Waals surface area contributed by atoms with Crippen molar-refractivity contribution in [2.24, 2.45) is 5.92 Å². The molecule has 3 N–H and O–H groups in total. The number of nitrogens with zero attached hydrogens (tertiary/aromatic N) is 2. The number of ether oxygens (including phenoxy) is 1. The largest absolute Gasteiger partial charge is 0.490 e. The fourth-order valence-corrected chi connectivity index (χ4v) is 2.58. The van der Waals surface area contributed by atoms with E-state index in [1.54, 1.807) is 7.11 Å². The maximum atomic E-state index is 9.36. The molecule has 1 fully saturated rings. The van der Waals surface area contributed by atoms with E-state index in [9.17, 15) is 5.11 Å². The molecule has 0 amide bonds. The number of aromatic nitrogens is 2. The van der Waals surface area contributed by atoms with E-state index >= 15 is 0 Å². The van der Waals surface area contributed by atoms with Gasteiger partial charge in [0, 0.05) is 25.1 Å². The van der Waals surface area contributed by atoms with Crippen LogP contribution in [-0.4, -0.2) is 41.4 Å². The van der Waals surface area contributed by atoms with Gasteiger partial charge in [-0.3, -0.25) is 0 Å². The molecular formula is C13H22N4O2. The maximum absolute atomic E-state index is 9.36. The van der Waals surface area contributed by atoms with E-state index in [0.717, 1.165) is 25.8 Å². The Bertz CT molecular complexity index is 414. The highest BCUT2D eigenvalue weighted by atomic mass is 16.5. The van der Waals surface area contributed by atoms with Gasteiger partial charge in [0.2, 0.25) is 5.75 Å². The summed E-state index contributed by atoms with van der Waals surface area (Å²) in [6, 6.07) is 0.253. The fourth-order valence-electron chi connectivity index (χ4n) is 2.58. The second-order valence-corrected chi connectivity index (χ2v) is 4.76. The molecule has 0 saturated heterocycles. The summed E-state index contributed by atoms with van der Waals surface area (Å²) < 4.78 is 5.40. The Morgan fingerprint density at radius 3 is 2.84 bits per heavy atom. The first kappa shape index (κ1) is 13.9. The molecule has 1 aromatic rings. The topological polar surface area (TPSA) is 79.3 Å². The Balaban J connectivity index is 2.17. The van der Waals surface area contributed by atoms with Crippen molar-refractivity contribution in [2.75, 3.05) is 30.9 Å². The molecule has 0 aliphatic heterocycles. The molecule has 1 heterocycles. The van der Waals surface area contributed by atoms with E-state index in [1.165, 1.54) is 6.33 Å². The lowest BCUT2D eigenvalue weighted by molar-refractivity contribution is 0.222. The minimum absolute atomic E-state index is 0.213. The number of aliphatic hydroxyl groups excluding tert-OH is 1. The zero-order valence-corrected chi connectivity index (χ0v) is 11.5. The number of aliphatic hydroxyl groups is 1. The van der Waals surface area contributed by atoms with E-state index in [2.05, 4.69) is 20.6 Å². The van der Waals surface area contributed by atoms with Crippen LogP contribution in [0.5, 0.6) is 5.75 Å². The van der Waals surface area contributed by atoms with Gasteiger partial charge in [-0.15, -0.1) is 0 Å². The van der Waals surface area contributed by atoms with E-state index in [1.807, 2.05) is 6.92 Å². The van der Waals surface area contributed by atoms with Gasteiger partial charge in [-0.2, -0.15) is 0 Å². The lowest BCUT2D eigenvalue weighted by Crippen LogP contribution is -2.27. The molecule has 0 spiro atoms. The van der Waals surface area contributed by atoms with Crippen LogP contribution in [0, 0.1) is 5.92 Å². The van der Waals surface area contributed by atoms with Crippen LogP contribution in [0.2, 0.25) is 0 Å². The fraction of sp³-hybridized carbons (Fsp3) is 0.692. The molecule has 6 heteroatoms. The van der Waals surface area contributed by atoms with E-state index in [4.69, 9.17) is 4.74 Å². The summed E-state index contributed by atoms with van der Waals surface area (Å²) in [4.78, 5) is 8.43. The van der Waals surface area contributed by atoms with Crippen LogP contribution in [0.1, 0.15) is 26.2 Å². The van der Waals surface area contributed by atoms with Crippen molar-refractivity contribution in [2.45, 2.75) is 32.2 Å². The van der Waals surface area contributed by atoms with Gasteiger partial charge in [0.25, 0.3) is 0 Å². The van der Waals surface area contributed by atoms with Gasteiger partial charge in [0.1, 0.15) is 6.33 Å². The highest BCUT2D eigenvalue weighted by Crippen LogP contribution is 2.33. The van der Waals surface area contributed by atoms with Crippen LogP contribution < -0.4 is 15.4 Å². The minimum atomic E-state index is 0.213. The van der Waals surface area contributed by atoms with Crippen molar-refractivity contribution in [3.8, 4) is 5.75 Å². The van der Waals surface area contributed by atoms with Crippen LogP contribution in [-0.2, 0) is 0 Å². The number of hydrogen-bond acceptors (Lipinski definition) is 6. The number of anilines is 2. The maximum Gasteiger partial charge on any atom is 0.204 e. The number of hydrogen-bond donors (Lipinski definition) is 3. The van der Waals surface area contributed by atoms with E-state index < -0.39 is 0 Å². The molecule has 2 rings (SSSR count). The smallest absolute Gasteiger partial charge is 0.204 e. The average molecular weight is 266 g/mol. The number of methoxy groups -OCH3 is 1. The minimum Gasteiger partial charge on any atom is -0.490 e. The van der Waals surface area contributed by atoms with Gasteiger partial charge in [0.05, 0.1) is 7.11 Å². The van der Waals surface area contributed by atoms with Crippen molar-refractivity contribution in [1.82, 2.24) is 9.97 Å². The normalized spacial score (nSPS) is 22.3. The Kier molecular flexibility index (Phi) is 4.79. The second kappa shape index (κ2) is 6.56. The van der Waals surface area contributed by atoms with Crippen molar-refractivity contribution in [1.29, 1.82) is 0 Å². The Hall–Kier alpha value is -1.56. The third kappa shape index (κ3) is 3.07. The third-order valence-corrected chi connectivity index (χ3v) is 3.57. The Morgan fingerprint density at radius 2 is 2.16 bits per heavy atom. The summed E-state index contributed by atoms with van der Waals surface area (Å²) in [5.41, 5.74) is 0. The zero-order chi connectivity index (χ0) is 13.7. The molecule has 6 nitrogen and oxygen atoms in total. The monoisotopic (exact) mass is 266 g/mol. The molecular weight excluding hydrogens is 244 g/mol. The molecule has 19 heavy (non-hydrogen) atoms. The van der Waals surface area contributed by atoms with E-state index in [0.29, 0.717) is 23.3 Å². The zero-order valence-electron chi connectivity index (χ0n) is 11.5. The predicted octanol–water partition coefficient (Wildman–Crippen LogP) is 1.49. The second-order valence-electron chi connectivity index (χ2n) is 4.76. The number of rotatable bonds is 6. The number of nitrogens with one attached hydrogen (secondary N) is 2. The Labute approximate surface area is 113 Å². The molecule has 0 aromatic carbocycles.